The van der Waals surface area contributed by atoms with Crippen LogP contribution in [0.2, 0.25) is 0 Å². The molecule has 11 nitrogen and oxygen atoms in total. The Kier molecular flexibility index (Phi) is 7.43. The van der Waals surface area contributed by atoms with Gasteiger partial charge in [-0.1, -0.05) is 6.07 Å². The lowest BCUT2D eigenvalue weighted by atomic mass is 9.83. The zero-order valence-corrected chi connectivity index (χ0v) is 24.2. The first kappa shape index (κ1) is 28.5. The number of aromatic nitrogens is 2. The Morgan fingerprint density at radius 1 is 1.07 bits per heavy atom. The van der Waals surface area contributed by atoms with Gasteiger partial charge in [-0.25, -0.2) is 0 Å². The fourth-order valence-corrected chi connectivity index (χ4v) is 6.65. The van der Waals surface area contributed by atoms with E-state index in [9.17, 15) is 24.3 Å². The van der Waals surface area contributed by atoms with Gasteiger partial charge in [0.15, 0.2) is 5.76 Å². The van der Waals surface area contributed by atoms with E-state index in [0.29, 0.717) is 42.0 Å². The van der Waals surface area contributed by atoms with Crippen LogP contribution in [0.3, 0.4) is 0 Å². The number of hydrogen-bond acceptors (Lipinski definition) is 9. The second-order valence-electron chi connectivity index (χ2n) is 11.4. The second kappa shape index (κ2) is 11.2. The maximum atomic E-state index is 13.6. The molecule has 0 aliphatic carbocycles. The molecule has 1 N–H and O–H groups in total. The number of carbonyl (C=O) groups is 1. The summed E-state index contributed by atoms with van der Waals surface area (Å²) in [4.78, 5) is 53.8. The Morgan fingerprint density at radius 2 is 1.88 bits per heavy atom. The highest BCUT2D eigenvalue weighted by Crippen LogP contribution is 2.37. The van der Waals surface area contributed by atoms with Gasteiger partial charge in [0.1, 0.15) is 11.5 Å². The van der Waals surface area contributed by atoms with Gasteiger partial charge in [-0.2, -0.15) is 0 Å². The number of fused-ring (bicyclic) bond motifs is 5. The molecular weight excluding hydrogens is 554 g/mol. The molecule has 2 aliphatic heterocycles. The van der Waals surface area contributed by atoms with E-state index >= 15 is 0 Å². The minimum Gasteiger partial charge on any atom is -0.502 e. The van der Waals surface area contributed by atoms with Crippen molar-refractivity contribution in [2.24, 2.45) is 13.0 Å². The van der Waals surface area contributed by atoms with Crippen molar-refractivity contribution in [2.75, 3.05) is 27.3 Å². The molecule has 0 radical (unpaired) electrons. The summed E-state index contributed by atoms with van der Waals surface area (Å²) in [6.07, 6.45) is 0.649. The van der Waals surface area contributed by atoms with Crippen LogP contribution in [-0.4, -0.2) is 52.4 Å². The standard InChI is InChI=1S/C32H33N3O8/c1-33-26-11-21(41-2)8-7-19(26)10-24(32(33)40)23(13-29(38)42-3)31-30(39)27(36)12-22(43-31)17-34-14-18-9-20(16-34)25-5-4-6-28(37)35(25)15-18/h4-8,10-12,18,20,23,39H,9,13-17H2,1-3H3/t18-,20+,23-/m0/s1. The van der Waals surface area contributed by atoms with Gasteiger partial charge in [0, 0.05) is 62.1 Å². The molecular formula is C32H33N3O8. The van der Waals surface area contributed by atoms with Crippen molar-refractivity contribution in [1.82, 2.24) is 14.0 Å². The van der Waals surface area contributed by atoms with Gasteiger partial charge in [-0.05, 0) is 42.0 Å². The Bertz CT molecular complexity index is 1910. The van der Waals surface area contributed by atoms with E-state index in [2.05, 4.69) is 4.90 Å². The Morgan fingerprint density at radius 3 is 2.65 bits per heavy atom. The number of piperidine rings is 1. The predicted octanol–water partition coefficient (Wildman–Crippen LogP) is 2.68. The number of pyridine rings is 2. The minimum atomic E-state index is -1.08. The summed E-state index contributed by atoms with van der Waals surface area (Å²) in [5.74, 6) is -1.21. The summed E-state index contributed by atoms with van der Waals surface area (Å²) in [6, 6.07) is 13.5. The fraction of sp³-hybridized carbons (Fsp3) is 0.375. The molecule has 3 aromatic heterocycles. The molecule has 224 valence electrons. The summed E-state index contributed by atoms with van der Waals surface area (Å²) in [5.41, 5.74) is 0.719. The molecule has 0 saturated carbocycles. The third kappa shape index (κ3) is 5.25. The molecule has 1 saturated heterocycles. The number of carbonyl (C=O) groups excluding carboxylic acids is 1. The third-order valence-electron chi connectivity index (χ3n) is 8.69. The highest BCUT2D eigenvalue weighted by molar-refractivity contribution is 5.82. The van der Waals surface area contributed by atoms with E-state index < -0.39 is 28.6 Å². The average Bonchev–Trinajstić information content (AvgIpc) is 3.00. The first-order valence-corrected chi connectivity index (χ1v) is 14.2. The van der Waals surface area contributed by atoms with Crippen LogP contribution in [0, 0.1) is 5.92 Å². The van der Waals surface area contributed by atoms with Crippen molar-refractivity contribution < 1.29 is 23.8 Å². The minimum absolute atomic E-state index is 0.00504. The van der Waals surface area contributed by atoms with E-state index in [1.54, 1.807) is 43.4 Å². The van der Waals surface area contributed by atoms with Gasteiger partial charge in [0.2, 0.25) is 11.2 Å². The van der Waals surface area contributed by atoms with Crippen molar-refractivity contribution in [2.45, 2.75) is 37.8 Å². The highest BCUT2D eigenvalue weighted by atomic mass is 16.5. The quantitative estimate of drug-likeness (QED) is 0.324. The van der Waals surface area contributed by atoms with Crippen LogP contribution in [0.4, 0.5) is 0 Å². The van der Waals surface area contributed by atoms with Gasteiger partial charge in [0.25, 0.3) is 11.1 Å². The SMILES string of the molecule is COC(=O)C[C@H](c1oc(CN2C[C@@H]3C[C@H](C2)c2cccc(=O)n2C3)cc(=O)c1O)c1cc2ccc(OC)cc2n(C)c1=O. The van der Waals surface area contributed by atoms with Crippen LogP contribution in [0.25, 0.3) is 10.9 Å². The number of rotatable bonds is 7. The molecule has 4 aromatic rings. The summed E-state index contributed by atoms with van der Waals surface area (Å²) >= 11 is 0. The van der Waals surface area contributed by atoms with Gasteiger partial charge in [-0.15, -0.1) is 0 Å². The van der Waals surface area contributed by atoms with Crippen molar-refractivity contribution in [3.8, 4) is 11.5 Å². The van der Waals surface area contributed by atoms with Gasteiger partial charge >= 0.3 is 5.97 Å². The molecule has 11 heteroatoms. The van der Waals surface area contributed by atoms with Crippen molar-refractivity contribution in [3.63, 3.8) is 0 Å². The number of likely N-dealkylation sites (tertiary alicyclic amines) is 1. The van der Waals surface area contributed by atoms with E-state index in [1.165, 1.54) is 24.9 Å². The monoisotopic (exact) mass is 587 g/mol. The molecule has 2 aliphatic rings. The Hall–Kier alpha value is -4.64. The molecule has 1 fully saturated rings. The molecule has 6 rings (SSSR count). The summed E-state index contributed by atoms with van der Waals surface area (Å²) < 4.78 is 19.7. The average molecular weight is 588 g/mol. The van der Waals surface area contributed by atoms with E-state index in [1.807, 2.05) is 10.6 Å². The number of nitrogens with zero attached hydrogens (tertiary/aromatic N) is 3. The number of methoxy groups -OCH3 is 2. The van der Waals surface area contributed by atoms with Gasteiger partial charge in [-0.3, -0.25) is 24.1 Å². The lowest BCUT2D eigenvalue weighted by Crippen LogP contribution is -2.46. The van der Waals surface area contributed by atoms with E-state index in [-0.39, 0.29) is 41.7 Å². The number of hydrogen-bond donors (Lipinski definition) is 1. The normalized spacial score (nSPS) is 18.7. The molecule has 0 amide bonds. The zero-order chi connectivity index (χ0) is 30.4. The number of benzene rings is 1. The van der Waals surface area contributed by atoms with Crippen LogP contribution in [0.1, 0.15) is 47.5 Å². The second-order valence-corrected chi connectivity index (χ2v) is 11.4. The molecule has 43 heavy (non-hydrogen) atoms. The van der Waals surface area contributed by atoms with Gasteiger partial charge < -0.3 is 28.1 Å². The van der Waals surface area contributed by atoms with Crippen molar-refractivity contribution >= 4 is 16.9 Å². The van der Waals surface area contributed by atoms with Crippen LogP contribution in [0.5, 0.6) is 11.5 Å². The zero-order valence-electron chi connectivity index (χ0n) is 24.2. The van der Waals surface area contributed by atoms with E-state index in [0.717, 1.165) is 12.1 Å². The molecule has 0 spiro atoms. The number of aromatic hydroxyl groups is 1. The van der Waals surface area contributed by atoms with Crippen LogP contribution >= 0.6 is 0 Å². The lowest BCUT2D eigenvalue weighted by molar-refractivity contribution is -0.140. The summed E-state index contributed by atoms with van der Waals surface area (Å²) in [5, 5.41) is 11.6. The van der Waals surface area contributed by atoms with Crippen LogP contribution < -0.4 is 21.3 Å². The lowest BCUT2D eigenvalue weighted by Gasteiger charge is -2.42. The maximum absolute atomic E-state index is 13.6. The third-order valence-corrected chi connectivity index (χ3v) is 8.69. The topological polar surface area (TPSA) is 133 Å². The first-order chi connectivity index (χ1) is 20.7. The summed E-state index contributed by atoms with van der Waals surface area (Å²) in [6.45, 7) is 2.29. The fourth-order valence-electron chi connectivity index (χ4n) is 6.65. The summed E-state index contributed by atoms with van der Waals surface area (Å²) in [7, 11) is 4.37. The molecule has 3 atom stereocenters. The van der Waals surface area contributed by atoms with Crippen molar-refractivity contribution in [1.29, 1.82) is 0 Å². The van der Waals surface area contributed by atoms with Crippen LogP contribution in [0.15, 0.2) is 67.3 Å². The molecule has 5 heterocycles. The van der Waals surface area contributed by atoms with Crippen LogP contribution in [-0.2, 0) is 29.7 Å². The van der Waals surface area contributed by atoms with E-state index in [4.69, 9.17) is 13.9 Å². The largest absolute Gasteiger partial charge is 0.502 e. The smallest absolute Gasteiger partial charge is 0.306 e. The molecule has 1 aromatic carbocycles. The maximum Gasteiger partial charge on any atom is 0.306 e. The molecule has 0 unspecified atom stereocenters. The Labute approximate surface area is 246 Å². The van der Waals surface area contributed by atoms with Gasteiger partial charge in [0.05, 0.1) is 38.6 Å². The molecule has 2 bridgehead atoms. The Balaban J connectivity index is 1.38. The highest BCUT2D eigenvalue weighted by Gasteiger charge is 2.35. The number of esters is 1. The predicted molar refractivity (Wildman–Crippen MR) is 158 cm³/mol. The number of ether oxygens (including phenoxy) is 2. The first-order valence-electron chi connectivity index (χ1n) is 14.2. The van der Waals surface area contributed by atoms with Crippen molar-refractivity contribution in [3.05, 3.63) is 102 Å². The number of aryl methyl sites for hydroxylation is 1.